The SMILES string of the molecule is C=C(/C=C(\C=C/C)N1CCN(C(=O)Cc2ccsc2)CC1)c1ccc2c(n1)n(C)c(=O)n2CC(C)(C)C. The molecule has 4 heterocycles. The van der Waals surface area contributed by atoms with Crippen molar-refractivity contribution in [3.05, 3.63) is 81.2 Å². The highest BCUT2D eigenvalue weighted by Gasteiger charge is 2.23. The van der Waals surface area contributed by atoms with E-state index in [0.717, 1.165) is 41.1 Å². The Hall–Kier alpha value is -3.39. The van der Waals surface area contributed by atoms with Gasteiger partial charge in [-0.3, -0.25) is 13.9 Å². The summed E-state index contributed by atoms with van der Waals surface area (Å²) < 4.78 is 3.41. The molecule has 0 atom stereocenters. The maximum Gasteiger partial charge on any atom is 0.330 e. The van der Waals surface area contributed by atoms with Gasteiger partial charge < -0.3 is 9.80 Å². The van der Waals surface area contributed by atoms with Gasteiger partial charge in [-0.2, -0.15) is 11.3 Å². The van der Waals surface area contributed by atoms with E-state index in [-0.39, 0.29) is 17.0 Å². The number of thiophene rings is 1. The molecule has 0 unspecified atom stereocenters. The molecule has 196 valence electrons. The quantitative estimate of drug-likeness (QED) is 0.425. The molecule has 0 radical (unpaired) electrons. The van der Waals surface area contributed by atoms with Crippen LogP contribution in [0.15, 0.2) is 64.3 Å². The van der Waals surface area contributed by atoms with E-state index in [9.17, 15) is 9.59 Å². The Morgan fingerprint density at radius 1 is 1.14 bits per heavy atom. The number of aryl methyl sites for hydroxylation is 1. The van der Waals surface area contributed by atoms with Crippen LogP contribution in [0.25, 0.3) is 16.7 Å². The van der Waals surface area contributed by atoms with E-state index in [1.54, 1.807) is 27.5 Å². The van der Waals surface area contributed by atoms with Crippen LogP contribution in [-0.4, -0.2) is 56.0 Å². The minimum Gasteiger partial charge on any atom is -0.368 e. The van der Waals surface area contributed by atoms with E-state index in [1.165, 1.54) is 0 Å². The third-order valence-electron chi connectivity index (χ3n) is 6.53. The van der Waals surface area contributed by atoms with Gasteiger partial charge in [0, 0.05) is 45.5 Å². The number of allylic oxidation sites excluding steroid dienone is 4. The van der Waals surface area contributed by atoms with E-state index < -0.39 is 0 Å². The summed E-state index contributed by atoms with van der Waals surface area (Å²) in [5, 5.41) is 4.05. The highest BCUT2D eigenvalue weighted by atomic mass is 32.1. The van der Waals surface area contributed by atoms with Gasteiger partial charge in [0.05, 0.1) is 17.6 Å². The first kappa shape index (κ1) is 26.7. The molecule has 1 amide bonds. The zero-order valence-corrected chi connectivity index (χ0v) is 23.3. The molecule has 0 aromatic carbocycles. The summed E-state index contributed by atoms with van der Waals surface area (Å²) in [6.07, 6.45) is 6.59. The second-order valence-corrected chi connectivity index (χ2v) is 11.6. The fraction of sp³-hybridized carbons (Fsp3) is 0.414. The fourth-order valence-electron chi connectivity index (χ4n) is 4.64. The first-order chi connectivity index (χ1) is 17.6. The lowest BCUT2D eigenvalue weighted by Crippen LogP contribution is -2.48. The van der Waals surface area contributed by atoms with Gasteiger partial charge >= 0.3 is 5.69 Å². The minimum absolute atomic E-state index is 0.0248. The molecule has 1 saturated heterocycles. The number of rotatable bonds is 7. The largest absolute Gasteiger partial charge is 0.368 e. The maximum atomic E-state index is 12.9. The highest BCUT2D eigenvalue weighted by molar-refractivity contribution is 7.08. The second kappa shape index (κ2) is 10.9. The lowest BCUT2D eigenvalue weighted by atomic mass is 9.97. The third-order valence-corrected chi connectivity index (χ3v) is 7.27. The Labute approximate surface area is 223 Å². The molecule has 0 saturated carbocycles. The number of imidazole rings is 1. The number of hydrogen-bond donors (Lipinski definition) is 0. The lowest BCUT2D eigenvalue weighted by Gasteiger charge is -2.37. The molecule has 0 spiro atoms. The number of pyridine rings is 1. The molecule has 0 N–H and O–H groups in total. The van der Waals surface area contributed by atoms with Crippen LogP contribution in [-0.2, 0) is 24.8 Å². The number of nitrogens with zero attached hydrogens (tertiary/aromatic N) is 5. The average Bonchev–Trinajstić information content (AvgIpc) is 3.45. The van der Waals surface area contributed by atoms with Crippen LogP contribution < -0.4 is 5.69 Å². The number of carbonyl (C=O) groups is 1. The second-order valence-electron chi connectivity index (χ2n) is 10.8. The lowest BCUT2D eigenvalue weighted by molar-refractivity contribution is -0.131. The number of amides is 1. The van der Waals surface area contributed by atoms with Gasteiger partial charge in [-0.25, -0.2) is 9.78 Å². The van der Waals surface area contributed by atoms with Gasteiger partial charge in [0.1, 0.15) is 0 Å². The van der Waals surface area contributed by atoms with Crippen molar-refractivity contribution in [1.82, 2.24) is 23.9 Å². The number of fused-ring (bicyclic) bond motifs is 1. The minimum atomic E-state index is -0.0586. The van der Waals surface area contributed by atoms with Crippen LogP contribution in [0.1, 0.15) is 39.0 Å². The first-order valence-corrected chi connectivity index (χ1v) is 13.7. The van der Waals surface area contributed by atoms with Crippen molar-refractivity contribution in [2.75, 3.05) is 26.2 Å². The van der Waals surface area contributed by atoms with Crippen molar-refractivity contribution in [1.29, 1.82) is 0 Å². The Morgan fingerprint density at radius 3 is 2.46 bits per heavy atom. The van der Waals surface area contributed by atoms with Crippen molar-refractivity contribution >= 4 is 34.0 Å². The van der Waals surface area contributed by atoms with Gasteiger partial charge in [0.25, 0.3) is 0 Å². The summed E-state index contributed by atoms with van der Waals surface area (Å²) in [5.74, 6) is 0.181. The van der Waals surface area contributed by atoms with E-state index >= 15 is 0 Å². The molecular formula is C29H37N5O2S. The summed E-state index contributed by atoms with van der Waals surface area (Å²) in [4.78, 5) is 34.6. The molecule has 3 aromatic rings. The molecule has 8 heteroatoms. The van der Waals surface area contributed by atoms with Crippen LogP contribution in [0.4, 0.5) is 0 Å². The van der Waals surface area contributed by atoms with E-state index in [2.05, 4.69) is 38.3 Å². The molecule has 1 aliphatic heterocycles. The average molecular weight is 520 g/mol. The van der Waals surface area contributed by atoms with E-state index in [0.29, 0.717) is 31.7 Å². The molecule has 1 fully saturated rings. The van der Waals surface area contributed by atoms with Crippen LogP contribution in [0, 0.1) is 5.41 Å². The predicted molar refractivity (Wildman–Crippen MR) is 153 cm³/mol. The molecule has 4 rings (SSSR count). The number of carbonyl (C=O) groups excluding carboxylic acids is 1. The molecule has 7 nitrogen and oxygen atoms in total. The Balaban J connectivity index is 1.51. The van der Waals surface area contributed by atoms with Crippen LogP contribution >= 0.6 is 11.3 Å². The predicted octanol–water partition coefficient (Wildman–Crippen LogP) is 4.70. The summed E-state index contributed by atoms with van der Waals surface area (Å²) in [5.41, 5.74) is 5.05. The van der Waals surface area contributed by atoms with Gasteiger partial charge in [-0.15, -0.1) is 0 Å². The summed E-state index contributed by atoms with van der Waals surface area (Å²) in [6, 6.07) is 5.92. The van der Waals surface area contributed by atoms with Crippen LogP contribution in [0.5, 0.6) is 0 Å². The summed E-state index contributed by atoms with van der Waals surface area (Å²) >= 11 is 1.62. The Morgan fingerprint density at radius 2 is 1.84 bits per heavy atom. The molecule has 1 aliphatic rings. The number of hydrogen-bond acceptors (Lipinski definition) is 5. The molecule has 37 heavy (non-hydrogen) atoms. The van der Waals surface area contributed by atoms with Crippen molar-refractivity contribution in [2.24, 2.45) is 12.5 Å². The van der Waals surface area contributed by atoms with Crippen molar-refractivity contribution in [2.45, 2.75) is 40.7 Å². The Kier molecular flexibility index (Phi) is 7.87. The fourth-order valence-corrected chi connectivity index (χ4v) is 5.31. The van der Waals surface area contributed by atoms with Crippen LogP contribution in [0.3, 0.4) is 0 Å². The van der Waals surface area contributed by atoms with Crippen LogP contribution in [0.2, 0.25) is 0 Å². The number of piperazine rings is 1. The molecule has 0 aliphatic carbocycles. The molecule has 0 bridgehead atoms. The highest BCUT2D eigenvalue weighted by Crippen LogP contribution is 2.23. The monoisotopic (exact) mass is 519 g/mol. The van der Waals surface area contributed by atoms with Gasteiger partial charge in [-0.05, 0) is 64.6 Å². The van der Waals surface area contributed by atoms with Gasteiger partial charge in [0.15, 0.2) is 5.65 Å². The van der Waals surface area contributed by atoms with E-state index in [1.807, 2.05) is 52.9 Å². The van der Waals surface area contributed by atoms with Gasteiger partial charge in [-0.1, -0.05) is 33.4 Å². The summed E-state index contributed by atoms with van der Waals surface area (Å²) in [7, 11) is 1.77. The smallest absolute Gasteiger partial charge is 0.330 e. The topological polar surface area (TPSA) is 63.4 Å². The van der Waals surface area contributed by atoms with Gasteiger partial charge in [0.2, 0.25) is 5.91 Å². The molecular weight excluding hydrogens is 482 g/mol. The first-order valence-electron chi connectivity index (χ1n) is 12.7. The standard InChI is InChI=1S/C29H37N5O2S/c1-7-8-23(32-12-14-33(15-13-32)26(35)18-22-11-16-37-19-22)17-21(2)24-9-10-25-27(30-24)31(6)28(36)34(25)20-29(3,4)5/h7-11,16-17,19H,2,12-15,18,20H2,1,3-6H3/b8-7-,23-17+. The van der Waals surface area contributed by atoms with Crippen molar-refractivity contribution in [3.63, 3.8) is 0 Å². The zero-order valence-electron chi connectivity index (χ0n) is 22.5. The summed E-state index contributed by atoms with van der Waals surface area (Å²) in [6.45, 7) is 16.2. The number of aromatic nitrogens is 3. The normalized spacial score (nSPS) is 15.2. The zero-order chi connectivity index (χ0) is 26.7. The maximum absolute atomic E-state index is 12.9. The third kappa shape index (κ3) is 6.13. The molecule has 3 aromatic heterocycles. The van der Waals surface area contributed by atoms with Crippen molar-refractivity contribution < 1.29 is 4.79 Å². The Bertz CT molecular complexity index is 1390. The van der Waals surface area contributed by atoms with E-state index in [4.69, 9.17) is 4.98 Å². The van der Waals surface area contributed by atoms with Crippen molar-refractivity contribution in [3.8, 4) is 0 Å².